The van der Waals surface area contributed by atoms with Gasteiger partial charge in [-0.1, -0.05) is 12.1 Å². The van der Waals surface area contributed by atoms with Crippen LogP contribution in [0.5, 0.6) is 0 Å². The first kappa shape index (κ1) is 16.7. The molecule has 8 heteroatoms. The minimum Gasteiger partial charge on any atom is -0.353 e. The van der Waals surface area contributed by atoms with Crippen molar-refractivity contribution in [2.24, 2.45) is 0 Å². The summed E-state index contributed by atoms with van der Waals surface area (Å²) >= 11 is 1.62. The molecule has 2 N–H and O–H groups in total. The van der Waals surface area contributed by atoms with E-state index >= 15 is 0 Å². The van der Waals surface area contributed by atoms with E-state index < -0.39 is 11.1 Å². The molecule has 0 saturated heterocycles. The molecular weight excluding hydrogens is 352 g/mol. The molecule has 0 spiro atoms. The smallest absolute Gasteiger partial charge is 0.276 e. The van der Waals surface area contributed by atoms with E-state index in [9.17, 15) is 14.9 Å². The number of thiophene rings is 1. The van der Waals surface area contributed by atoms with E-state index in [2.05, 4.69) is 22.6 Å². The van der Waals surface area contributed by atoms with Gasteiger partial charge in [0.1, 0.15) is 11.2 Å². The quantitative estimate of drug-likeness (QED) is 0.641. The standard InChI is InChI=1S/C18H18N4O3S/c1-21-9-8-12-14(10-21)26-18-16(12)17(23)19-15(20-18)7-6-11-4-2-3-5-13(11)22(24)25/h2-7,15,20H,8-10H2,1H3,(H,19,23)/b7-6+. The van der Waals surface area contributed by atoms with Crippen LogP contribution in [0.15, 0.2) is 30.3 Å². The molecule has 3 heterocycles. The fourth-order valence-electron chi connectivity index (χ4n) is 3.35. The van der Waals surface area contributed by atoms with E-state index in [4.69, 9.17) is 0 Å². The zero-order valence-electron chi connectivity index (χ0n) is 14.2. The highest BCUT2D eigenvalue weighted by molar-refractivity contribution is 7.16. The summed E-state index contributed by atoms with van der Waals surface area (Å²) in [6.07, 6.45) is 3.90. The summed E-state index contributed by atoms with van der Waals surface area (Å²) in [4.78, 5) is 26.8. The largest absolute Gasteiger partial charge is 0.353 e. The Morgan fingerprint density at radius 1 is 1.35 bits per heavy atom. The predicted molar refractivity (Wildman–Crippen MR) is 101 cm³/mol. The fourth-order valence-corrected chi connectivity index (χ4v) is 4.72. The van der Waals surface area contributed by atoms with Gasteiger partial charge in [-0.15, -0.1) is 11.3 Å². The van der Waals surface area contributed by atoms with Gasteiger partial charge < -0.3 is 15.5 Å². The molecule has 2 aliphatic heterocycles. The monoisotopic (exact) mass is 370 g/mol. The Morgan fingerprint density at radius 3 is 2.96 bits per heavy atom. The number of benzene rings is 1. The van der Waals surface area contributed by atoms with E-state index in [1.165, 1.54) is 10.9 Å². The number of carbonyl (C=O) groups excluding carboxylic acids is 1. The highest BCUT2D eigenvalue weighted by Crippen LogP contribution is 2.38. The van der Waals surface area contributed by atoms with Crippen molar-refractivity contribution in [1.29, 1.82) is 0 Å². The van der Waals surface area contributed by atoms with Crippen molar-refractivity contribution in [3.63, 3.8) is 0 Å². The lowest BCUT2D eigenvalue weighted by molar-refractivity contribution is -0.385. The third kappa shape index (κ3) is 2.97. The van der Waals surface area contributed by atoms with Crippen LogP contribution < -0.4 is 10.6 Å². The van der Waals surface area contributed by atoms with Crippen molar-refractivity contribution in [2.75, 3.05) is 18.9 Å². The fraction of sp³-hybridized carbons (Fsp3) is 0.278. The van der Waals surface area contributed by atoms with Gasteiger partial charge in [0, 0.05) is 24.0 Å². The molecule has 1 atom stereocenters. The maximum absolute atomic E-state index is 12.6. The number of nitro benzene ring substituents is 1. The van der Waals surface area contributed by atoms with Gasteiger partial charge in [0.15, 0.2) is 0 Å². The summed E-state index contributed by atoms with van der Waals surface area (Å²) in [5.41, 5.74) is 2.45. The molecule has 1 aromatic heterocycles. The molecule has 7 nitrogen and oxygen atoms in total. The molecule has 0 fully saturated rings. The normalized spacial score (nSPS) is 19.6. The number of anilines is 1. The Labute approximate surface area is 154 Å². The highest BCUT2D eigenvalue weighted by Gasteiger charge is 2.31. The number of carbonyl (C=O) groups is 1. The molecule has 1 amide bonds. The molecule has 0 aliphatic carbocycles. The van der Waals surface area contributed by atoms with Crippen molar-refractivity contribution >= 4 is 34.0 Å². The zero-order chi connectivity index (χ0) is 18.3. The van der Waals surface area contributed by atoms with Crippen LogP contribution in [-0.2, 0) is 13.0 Å². The van der Waals surface area contributed by atoms with Gasteiger partial charge in [0.2, 0.25) is 0 Å². The van der Waals surface area contributed by atoms with Gasteiger partial charge in [-0.2, -0.15) is 0 Å². The van der Waals surface area contributed by atoms with Gasteiger partial charge in [0.25, 0.3) is 11.6 Å². The minimum atomic E-state index is -0.408. The molecule has 1 unspecified atom stereocenters. The SMILES string of the molecule is CN1CCc2c(sc3c2C(=O)NC(/C=C/c2ccccc2[N+](=O)[O-])N3)C1. The summed E-state index contributed by atoms with van der Waals surface area (Å²) in [5.74, 6) is -0.0852. The molecule has 26 heavy (non-hydrogen) atoms. The van der Waals surface area contributed by atoms with Gasteiger partial charge in [-0.25, -0.2) is 0 Å². The van der Waals surface area contributed by atoms with Crippen LogP contribution in [0.1, 0.15) is 26.4 Å². The average molecular weight is 370 g/mol. The van der Waals surface area contributed by atoms with E-state index in [-0.39, 0.29) is 11.6 Å². The number of rotatable bonds is 3. The number of hydrogen-bond acceptors (Lipinski definition) is 6. The number of nitrogens with zero attached hydrogens (tertiary/aromatic N) is 2. The molecule has 4 rings (SSSR count). The Hall–Kier alpha value is -2.71. The van der Waals surface area contributed by atoms with Gasteiger partial charge >= 0.3 is 0 Å². The van der Waals surface area contributed by atoms with Crippen LogP contribution in [0, 0.1) is 10.1 Å². The van der Waals surface area contributed by atoms with Crippen LogP contribution in [0.4, 0.5) is 10.7 Å². The average Bonchev–Trinajstić information content (AvgIpc) is 2.97. The third-order valence-electron chi connectivity index (χ3n) is 4.65. The van der Waals surface area contributed by atoms with Crippen molar-refractivity contribution in [1.82, 2.24) is 10.2 Å². The lowest BCUT2D eigenvalue weighted by atomic mass is 10.0. The summed E-state index contributed by atoms with van der Waals surface area (Å²) in [6, 6.07) is 6.54. The van der Waals surface area contributed by atoms with Crippen molar-refractivity contribution < 1.29 is 9.72 Å². The van der Waals surface area contributed by atoms with Crippen molar-refractivity contribution in [2.45, 2.75) is 19.1 Å². The number of hydrogen-bond donors (Lipinski definition) is 2. The van der Waals surface area contributed by atoms with E-state index in [0.29, 0.717) is 5.56 Å². The minimum absolute atomic E-state index is 0.0428. The molecule has 0 saturated carbocycles. The first-order chi connectivity index (χ1) is 12.5. The summed E-state index contributed by atoms with van der Waals surface area (Å²) < 4.78 is 0. The predicted octanol–water partition coefficient (Wildman–Crippen LogP) is 2.84. The Kier molecular flexibility index (Phi) is 4.21. The number of amides is 1. The van der Waals surface area contributed by atoms with Crippen molar-refractivity contribution in [3.8, 4) is 0 Å². The first-order valence-corrected chi connectivity index (χ1v) is 9.16. The number of nitro groups is 1. The lowest BCUT2D eigenvalue weighted by Gasteiger charge is -2.25. The zero-order valence-corrected chi connectivity index (χ0v) is 15.0. The Bertz CT molecular complexity index is 921. The van der Waals surface area contributed by atoms with Gasteiger partial charge in [-0.3, -0.25) is 14.9 Å². The van der Waals surface area contributed by atoms with Crippen LogP contribution in [-0.4, -0.2) is 35.5 Å². The van der Waals surface area contributed by atoms with Crippen LogP contribution in [0.2, 0.25) is 0 Å². The Balaban J connectivity index is 1.59. The molecule has 134 valence electrons. The third-order valence-corrected chi connectivity index (χ3v) is 5.80. The second-order valence-corrected chi connectivity index (χ2v) is 7.57. The second-order valence-electron chi connectivity index (χ2n) is 6.47. The maximum atomic E-state index is 12.6. The van der Waals surface area contributed by atoms with E-state index in [1.54, 1.807) is 41.7 Å². The number of para-hydroxylation sites is 1. The van der Waals surface area contributed by atoms with E-state index in [1.807, 2.05) is 0 Å². The molecule has 0 radical (unpaired) electrons. The lowest BCUT2D eigenvalue weighted by Crippen LogP contribution is -2.43. The molecule has 0 bridgehead atoms. The molecule has 1 aromatic carbocycles. The maximum Gasteiger partial charge on any atom is 0.276 e. The second kappa shape index (κ2) is 6.54. The summed E-state index contributed by atoms with van der Waals surface area (Å²) in [7, 11) is 2.08. The van der Waals surface area contributed by atoms with Crippen molar-refractivity contribution in [3.05, 3.63) is 62.0 Å². The number of nitrogens with one attached hydrogen (secondary N) is 2. The Morgan fingerprint density at radius 2 is 2.15 bits per heavy atom. The summed E-state index contributed by atoms with van der Waals surface area (Å²) in [5, 5.41) is 18.2. The number of fused-ring (bicyclic) bond motifs is 3. The van der Waals surface area contributed by atoms with Crippen LogP contribution in [0.25, 0.3) is 6.08 Å². The molecule has 2 aliphatic rings. The molecular formula is C18H18N4O3S. The van der Waals surface area contributed by atoms with Gasteiger partial charge in [0.05, 0.1) is 16.1 Å². The van der Waals surface area contributed by atoms with Crippen LogP contribution in [0.3, 0.4) is 0 Å². The van der Waals surface area contributed by atoms with E-state index in [0.717, 1.165) is 35.6 Å². The van der Waals surface area contributed by atoms with Crippen LogP contribution >= 0.6 is 11.3 Å². The summed E-state index contributed by atoms with van der Waals surface area (Å²) in [6.45, 7) is 1.81. The van der Waals surface area contributed by atoms with Gasteiger partial charge in [-0.05, 0) is 37.3 Å². The topological polar surface area (TPSA) is 87.5 Å². The highest BCUT2D eigenvalue weighted by atomic mass is 32.1. The first-order valence-electron chi connectivity index (χ1n) is 8.35. The molecule has 2 aromatic rings. The number of likely N-dealkylation sites (N-methyl/N-ethyl adjacent to an activating group) is 1.